The van der Waals surface area contributed by atoms with E-state index in [1.165, 1.54) is 0 Å². The van der Waals surface area contributed by atoms with E-state index in [9.17, 15) is 19.7 Å². The number of quaternary nitrogens is 1. The van der Waals surface area contributed by atoms with Crippen LogP contribution in [0.15, 0.2) is 0 Å². The van der Waals surface area contributed by atoms with Crippen molar-refractivity contribution < 1.29 is 28.2 Å². The summed E-state index contributed by atoms with van der Waals surface area (Å²) in [6.07, 6.45) is 2.22. The summed E-state index contributed by atoms with van der Waals surface area (Å²) in [6.45, 7) is -1.93. The summed E-state index contributed by atoms with van der Waals surface area (Å²) in [7, 11) is 1.77. The highest BCUT2D eigenvalue weighted by Gasteiger charge is 2.69. The van der Waals surface area contributed by atoms with Crippen LogP contribution in [0, 0.1) is 10.1 Å². The van der Waals surface area contributed by atoms with Gasteiger partial charge in [-0.1, -0.05) is 6.42 Å². The number of carbonyl (C=O) groups is 2. The van der Waals surface area contributed by atoms with Crippen LogP contribution in [0.1, 0.15) is 25.7 Å². The van der Waals surface area contributed by atoms with Crippen LogP contribution in [0.2, 0.25) is 5.82 Å². The molecule has 0 aromatic rings. The van der Waals surface area contributed by atoms with Crippen molar-refractivity contribution >= 4 is 18.6 Å². The topological polar surface area (TPSA) is 95.7 Å². The summed E-state index contributed by atoms with van der Waals surface area (Å²) in [4.78, 5) is 34.1. The highest BCUT2D eigenvalue weighted by Crippen LogP contribution is 2.48. The summed E-state index contributed by atoms with van der Waals surface area (Å²) in [5.74, 6) is -1.02. The first-order chi connectivity index (χ1) is 9.36. The summed E-state index contributed by atoms with van der Waals surface area (Å²) >= 11 is 0. The summed E-state index contributed by atoms with van der Waals surface area (Å²) in [5.41, 5.74) is 0. The van der Waals surface area contributed by atoms with Gasteiger partial charge in [0, 0.05) is 24.8 Å². The SMILES string of the molecule is C[N+]12CC(=O)O[B-]1(C1CCCC([N+](=O)[O-])C1)OC(=O)C2. The molecule has 0 radical (unpaired) electrons. The van der Waals surface area contributed by atoms with Crippen LogP contribution in [-0.2, 0) is 18.9 Å². The molecule has 8 nitrogen and oxygen atoms in total. The molecule has 0 amide bonds. The zero-order chi connectivity index (χ0) is 14.5. The van der Waals surface area contributed by atoms with E-state index in [-0.39, 0.29) is 40.2 Å². The molecule has 0 N–H and O–H groups in total. The Bertz CT molecular complexity index is 475. The second-order valence-corrected chi connectivity index (χ2v) is 6.37. The fraction of sp³-hybridized carbons (Fsp3) is 0.818. The lowest BCUT2D eigenvalue weighted by Gasteiger charge is -2.45. The second-order valence-electron chi connectivity index (χ2n) is 6.37. The van der Waals surface area contributed by atoms with Gasteiger partial charge in [0.05, 0.1) is 0 Å². The fourth-order valence-electron chi connectivity index (χ4n) is 4.11. The maximum absolute atomic E-state index is 11.7. The summed E-state index contributed by atoms with van der Waals surface area (Å²) in [6, 6.07) is -0.642. The Kier molecular flexibility index (Phi) is 2.79. The predicted octanol–water partition coefficient (Wildman–Crippen LogP) is 0.0750. The lowest BCUT2D eigenvalue weighted by Crippen LogP contribution is -2.63. The molecule has 9 heteroatoms. The van der Waals surface area contributed by atoms with Crippen LogP contribution in [-0.4, -0.2) is 54.1 Å². The van der Waals surface area contributed by atoms with Crippen molar-refractivity contribution in [2.45, 2.75) is 37.5 Å². The van der Waals surface area contributed by atoms with E-state index < -0.39 is 12.7 Å². The van der Waals surface area contributed by atoms with E-state index in [2.05, 4.69) is 0 Å². The fourth-order valence-corrected chi connectivity index (χ4v) is 4.11. The Balaban J connectivity index is 1.92. The standard InChI is InChI=1S/C11H17BN2O6/c1-14-6-10(15)19-12(14,20-11(16)7-14)8-3-2-4-9(5-8)13(17)18/h8-9H,2-7H2,1H3. The van der Waals surface area contributed by atoms with Crippen LogP contribution in [0.25, 0.3) is 0 Å². The molecule has 2 saturated heterocycles. The molecule has 2 atom stereocenters. The van der Waals surface area contributed by atoms with Gasteiger partial charge in [-0.25, -0.2) is 0 Å². The van der Waals surface area contributed by atoms with Crippen molar-refractivity contribution in [2.24, 2.45) is 0 Å². The minimum absolute atomic E-state index is 0.103. The maximum Gasteiger partial charge on any atom is 0.587 e. The van der Waals surface area contributed by atoms with Gasteiger partial charge in [-0.3, -0.25) is 19.7 Å². The third kappa shape index (κ3) is 1.72. The van der Waals surface area contributed by atoms with E-state index in [4.69, 9.17) is 9.31 Å². The Hall–Kier alpha value is -1.64. The molecule has 0 spiro atoms. The van der Waals surface area contributed by atoms with Crippen LogP contribution < -0.4 is 0 Å². The van der Waals surface area contributed by atoms with Gasteiger partial charge < -0.3 is 13.7 Å². The van der Waals surface area contributed by atoms with Crippen LogP contribution in [0.4, 0.5) is 0 Å². The first-order valence-corrected chi connectivity index (χ1v) is 6.92. The van der Waals surface area contributed by atoms with Crippen molar-refractivity contribution in [1.29, 1.82) is 0 Å². The molecular formula is C11H17BN2O6. The molecule has 3 rings (SSSR count). The number of rotatable bonds is 2. The quantitative estimate of drug-likeness (QED) is 0.404. The zero-order valence-electron chi connectivity index (χ0n) is 11.3. The summed E-state index contributed by atoms with van der Waals surface area (Å²) < 4.78 is 11.0. The molecule has 2 heterocycles. The second kappa shape index (κ2) is 4.18. The summed E-state index contributed by atoms with van der Waals surface area (Å²) in [5, 5.41) is 11.0. The van der Waals surface area contributed by atoms with Gasteiger partial charge in [-0.15, -0.1) is 0 Å². The molecule has 1 aliphatic carbocycles. The molecule has 1 saturated carbocycles. The molecule has 0 aromatic carbocycles. The normalized spacial score (nSPS) is 43.9. The smallest absolute Gasteiger partial charge is 0.587 e. The minimum atomic E-state index is -2.14. The van der Waals surface area contributed by atoms with Crippen molar-refractivity contribution in [3.8, 4) is 0 Å². The molecule has 110 valence electrons. The van der Waals surface area contributed by atoms with Gasteiger partial charge in [0.25, 0.3) is 0 Å². The van der Waals surface area contributed by atoms with Crippen molar-refractivity contribution in [3.63, 3.8) is 0 Å². The molecule has 0 aromatic heterocycles. The number of likely N-dealkylation sites (N-methyl/N-ethyl adjacent to an activating group) is 1. The molecule has 0 bridgehead atoms. The Morgan fingerprint density at radius 3 is 2.40 bits per heavy atom. The first kappa shape index (κ1) is 13.4. The zero-order valence-corrected chi connectivity index (χ0v) is 11.3. The average molecular weight is 284 g/mol. The number of hydrogen-bond donors (Lipinski definition) is 0. The monoisotopic (exact) mass is 284 g/mol. The van der Waals surface area contributed by atoms with Crippen molar-refractivity contribution in [1.82, 2.24) is 0 Å². The number of hydrogen-bond acceptors (Lipinski definition) is 6. The first-order valence-electron chi connectivity index (χ1n) is 6.92. The maximum atomic E-state index is 11.7. The largest absolute Gasteiger partial charge is 0.600 e. The minimum Gasteiger partial charge on any atom is -0.600 e. The lowest BCUT2D eigenvalue weighted by atomic mass is 9.51. The molecular weight excluding hydrogens is 267 g/mol. The van der Waals surface area contributed by atoms with Crippen LogP contribution in [0.5, 0.6) is 0 Å². The third-order valence-corrected chi connectivity index (χ3v) is 5.03. The Labute approximate surface area is 115 Å². The average Bonchev–Trinajstić information content (AvgIpc) is 2.73. The van der Waals surface area contributed by atoms with Gasteiger partial charge in [0.2, 0.25) is 6.04 Å². The number of nitrogens with zero attached hydrogens (tertiary/aromatic N) is 2. The Morgan fingerprint density at radius 2 is 1.85 bits per heavy atom. The van der Waals surface area contributed by atoms with Gasteiger partial charge in [-0.2, -0.15) is 0 Å². The number of nitro groups is 1. The van der Waals surface area contributed by atoms with E-state index in [0.717, 1.165) is 0 Å². The van der Waals surface area contributed by atoms with Crippen molar-refractivity contribution in [3.05, 3.63) is 10.1 Å². The van der Waals surface area contributed by atoms with Crippen LogP contribution in [0.3, 0.4) is 0 Å². The molecule has 3 aliphatic rings. The van der Waals surface area contributed by atoms with E-state index in [1.807, 2.05) is 0 Å². The molecule has 3 fully saturated rings. The lowest BCUT2D eigenvalue weighted by molar-refractivity contribution is -0.794. The van der Waals surface area contributed by atoms with Crippen LogP contribution >= 0.6 is 0 Å². The van der Waals surface area contributed by atoms with E-state index in [0.29, 0.717) is 25.7 Å². The number of fused-ring (bicyclic) bond motifs is 1. The van der Waals surface area contributed by atoms with E-state index >= 15 is 0 Å². The van der Waals surface area contributed by atoms with Gasteiger partial charge in [0.1, 0.15) is 13.1 Å². The molecule has 20 heavy (non-hydrogen) atoms. The third-order valence-electron chi connectivity index (χ3n) is 5.03. The predicted molar refractivity (Wildman–Crippen MR) is 66.9 cm³/mol. The highest BCUT2D eigenvalue weighted by molar-refractivity contribution is 6.67. The molecule has 2 unspecified atom stereocenters. The van der Waals surface area contributed by atoms with Gasteiger partial charge in [0.15, 0.2) is 0 Å². The molecule has 2 aliphatic heterocycles. The van der Waals surface area contributed by atoms with E-state index in [1.54, 1.807) is 7.05 Å². The Morgan fingerprint density at radius 1 is 1.25 bits per heavy atom. The van der Waals surface area contributed by atoms with Gasteiger partial charge >= 0.3 is 18.6 Å². The highest BCUT2D eigenvalue weighted by atomic mass is 16.7. The number of carbonyl (C=O) groups excluding carboxylic acids is 2. The van der Waals surface area contributed by atoms with Gasteiger partial charge in [-0.05, 0) is 12.2 Å². The van der Waals surface area contributed by atoms with Crippen molar-refractivity contribution in [2.75, 3.05) is 20.1 Å².